The Labute approximate surface area is 321 Å². The largest absolute Gasteiger partial charge is 0.350 e. The number of nitrogens with one attached hydrogen (secondary N) is 5. The molecule has 0 aliphatic carbocycles. The lowest BCUT2D eigenvalue weighted by molar-refractivity contribution is 0.0936. The van der Waals surface area contributed by atoms with Crippen LogP contribution in [0.15, 0.2) is 84.9 Å². The molecule has 11 N–H and O–H groups in total. The van der Waals surface area contributed by atoms with E-state index in [1.165, 1.54) is 16.7 Å². The van der Waals surface area contributed by atoms with Crippen molar-refractivity contribution in [3.05, 3.63) is 119 Å². The number of hydrogen-bond acceptors (Lipinski definition) is 6. The average molecular weight is 745 g/mol. The lowest BCUT2D eigenvalue weighted by Gasteiger charge is -2.11. The highest BCUT2D eigenvalue weighted by atomic mass is 19.1. The number of rotatable bonds is 12. The van der Waals surface area contributed by atoms with Crippen LogP contribution in [0, 0.1) is 32.5 Å². The fourth-order valence-electron chi connectivity index (χ4n) is 7.07. The maximum absolute atomic E-state index is 14.7. The van der Waals surface area contributed by atoms with E-state index in [4.69, 9.17) is 17.2 Å². The van der Waals surface area contributed by atoms with Gasteiger partial charge in [-0.25, -0.2) is 4.39 Å². The van der Waals surface area contributed by atoms with Crippen molar-refractivity contribution >= 4 is 33.6 Å². The van der Waals surface area contributed by atoms with Gasteiger partial charge in [0.1, 0.15) is 11.4 Å². The Hall–Kier alpha value is -5.33. The van der Waals surface area contributed by atoms with Gasteiger partial charge in [0.2, 0.25) is 0 Å². The Kier molecular flexibility index (Phi) is 12.8. The van der Waals surface area contributed by atoms with Crippen LogP contribution >= 0.6 is 0 Å². The summed E-state index contributed by atoms with van der Waals surface area (Å²) in [6, 6.07) is 28.4. The van der Waals surface area contributed by atoms with E-state index in [-0.39, 0.29) is 24.2 Å². The molecule has 55 heavy (non-hydrogen) atoms. The summed E-state index contributed by atoms with van der Waals surface area (Å²) in [6.45, 7) is 9.20. The van der Waals surface area contributed by atoms with Crippen LogP contribution in [-0.2, 0) is 0 Å². The summed E-state index contributed by atoms with van der Waals surface area (Å²) in [5.41, 5.74) is 27.0. The van der Waals surface area contributed by atoms with Gasteiger partial charge in [0.25, 0.3) is 11.8 Å². The Morgan fingerprint density at radius 3 is 1.89 bits per heavy atom. The summed E-state index contributed by atoms with van der Waals surface area (Å²) >= 11 is 0. The zero-order valence-corrected chi connectivity index (χ0v) is 31.9. The summed E-state index contributed by atoms with van der Waals surface area (Å²) in [7, 11) is 0. The van der Waals surface area contributed by atoms with E-state index in [0.29, 0.717) is 54.6 Å². The van der Waals surface area contributed by atoms with Crippen molar-refractivity contribution < 1.29 is 14.0 Å². The number of aryl methyl sites for hydroxylation is 3. The molecular weight excluding hydrogens is 692 g/mol. The minimum Gasteiger partial charge on any atom is -0.350 e. The van der Waals surface area contributed by atoms with Crippen LogP contribution in [0.3, 0.4) is 0 Å². The van der Waals surface area contributed by atoms with Gasteiger partial charge in [-0.2, -0.15) is 0 Å². The van der Waals surface area contributed by atoms with Gasteiger partial charge < -0.3 is 43.1 Å². The minimum atomic E-state index is -0.548. The van der Waals surface area contributed by atoms with Gasteiger partial charge in [-0.3, -0.25) is 9.59 Å². The summed E-state index contributed by atoms with van der Waals surface area (Å²) in [4.78, 5) is 31.3. The molecular formula is C44H53FN8O2. The molecule has 0 unspecified atom stereocenters. The molecule has 3 heterocycles. The lowest BCUT2D eigenvalue weighted by Crippen LogP contribution is -2.37. The molecule has 2 aromatic heterocycles. The lowest BCUT2D eigenvalue weighted by atomic mass is 10.0. The first-order valence-electron chi connectivity index (χ1n) is 19.1. The van der Waals surface area contributed by atoms with Crippen LogP contribution in [-0.4, -0.2) is 66.6 Å². The highest BCUT2D eigenvalue weighted by Crippen LogP contribution is 2.29. The van der Waals surface area contributed by atoms with E-state index < -0.39 is 11.7 Å². The van der Waals surface area contributed by atoms with Crippen LogP contribution in [0.4, 0.5) is 4.39 Å². The number of fused-ring (bicyclic) bond motifs is 2. The van der Waals surface area contributed by atoms with Crippen LogP contribution in [0.25, 0.3) is 44.1 Å². The summed E-state index contributed by atoms with van der Waals surface area (Å²) in [5, 5.41) is 10.7. The molecule has 0 spiro atoms. The first kappa shape index (κ1) is 39.4. The van der Waals surface area contributed by atoms with Gasteiger partial charge in [0.15, 0.2) is 5.82 Å². The summed E-state index contributed by atoms with van der Waals surface area (Å²) in [5.74, 6) is -0.585. The third-order valence-corrected chi connectivity index (χ3v) is 10.5. The maximum atomic E-state index is 14.7. The number of aromatic nitrogens is 2. The van der Waals surface area contributed by atoms with Gasteiger partial charge in [0.05, 0.1) is 0 Å². The number of carbonyl (C=O) groups excluding carboxylic acids is 2. The second-order valence-corrected chi connectivity index (χ2v) is 14.7. The fourth-order valence-corrected chi connectivity index (χ4v) is 7.07. The predicted octanol–water partition coefficient (Wildman–Crippen LogP) is 6.20. The molecule has 0 bridgehead atoms. The number of amides is 2. The Morgan fingerprint density at radius 1 is 0.764 bits per heavy atom. The molecule has 0 saturated carbocycles. The van der Waals surface area contributed by atoms with Crippen molar-refractivity contribution in [2.75, 3.05) is 32.7 Å². The SMILES string of the molecule is Cc1ccc(-c2ccc3c(C)c(C(=O)NC[C@@H]4C[C@H](CN)CN4)[nH]c3c2)cc1.Cc1ccc(-c2ccc3c(F)c(C(=O)NC[C@@H](N)CCCN)[nH]c3c2)cc1. The minimum absolute atomic E-state index is 0.0522. The van der Waals surface area contributed by atoms with Crippen molar-refractivity contribution in [1.29, 1.82) is 0 Å². The normalized spacial score (nSPS) is 15.8. The maximum Gasteiger partial charge on any atom is 0.270 e. The first-order valence-corrected chi connectivity index (χ1v) is 19.1. The smallest absolute Gasteiger partial charge is 0.270 e. The molecule has 1 fully saturated rings. The van der Waals surface area contributed by atoms with Crippen molar-refractivity contribution in [3.8, 4) is 22.3 Å². The Morgan fingerprint density at radius 2 is 1.31 bits per heavy atom. The van der Waals surface area contributed by atoms with E-state index in [1.807, 2.05) is 50.2 Å². The predicted molar refractivity (Wildman–Crippen MR) is 222 cm³/mol. The summed E-state index contributed by atoms with van der Waals surface area (Å²) < 4.78 is 14.7. The van der Waals surface area contributed by atoms with Gasteiger partial charge in [-0.15, -0.1) is 0 Å². The third-order valence-electron chi connectivity index (χ3n) is 10.5. The number of hydrogen-bond donors (Lipinski definition) is 8. The number of carbonyl (C=O) groups is 2. The average Bonchev–Trinajstić information content (AvgIpc) is 3.90. The second kappa shape index (κ2) is 17.9. The van der Waals surface area contributed by atoms with Crippen LogP contribution in [0.2, 0.25) is 0 Å². The van der Waals surface area contributed by atoms with Crippen molar-refractivity contribution in [3.63, 3.8) is 0 Å². The molecule has 11 heteroatoms. The molecule has 1 saturated heterocycles. The van der Waals surface area contributed by atoms with Crippen molar-refractivity contribution in [2.45, 2.75) is 52.1 Å². The molecule has 7 rings (SSSR count). The van der Waals surface area contributed by atoms with E-state index in [1.54, 1.807) is 6.07 Å². The van der Waals surface area contributed by atoms with E-state index in [0.717, 1.165) is 52.5 Å². The molecule has 1 aliphatic rings. The molecule has 3 atom stereocenters. The van der Waals surface area contributed by atoms with Gasteiger partial charge in [0, 0.05) is 47.0 Å². The molecule has 1 aliphatic heterocycles. The van der Waals surface area contributed by atoms with Gasteiger partial charge in [-0.05, 0) is 112 Å². The molecule has 4 aromatic carbocycles. The molecule has 10 nitrogen and oxygen atoms in total. The zero-order chi connectivity index (χ0) is 39.1. The Bertz CT molecular complexity index is 2240. The van der Waals surface area contributed by atoms with Gasteiger partial charge >= 0.3 is 0 Å². The molecule has 288 valence electrons. The summed E-state index contributed by atoms with van der Waals surface area (Å²) in [6.07, 6.45) is 2.52. The quantitative estimate of drug-likeness (QED) is 0.0740. The van der Waals surface area contributed by atoms with E-state index >= 15 is 0 Å². The number of benzene rings is 4. The van der Waals surface area contributed by atoms with Crippen LogP contribution in [0.5, 0.6) is 0 Å². The molecule has 2 amide bonds. The topological polar surface area (TPSA) is 180 Å². The van der Waals surface area contributed by atoms with Crippen molar-refractivity contribution in [2.24, 2.45) is 23.1 Å². The second-order valence-electron chi connectivity index (χ2n) is 14.7. The molecule has 0 radical (unpaired) electrons. The third kappa shape index (κ3) is 9.49. The highest BCUT2D eigenvalue weighted by molar-refractivity contribution is 6.02. The molecule has 6 aromatic rings. The fraction of sp³-hybridized carbons (Fsp3) is 0.318. The van der Waals surface area contributed by atoms with Gasteiger partial charge in [-0.1, -0.05) is 77.9 Å². The standard InChI is InChI=1S/C23H28N4O.C21H25FN4O/c1-14-3-5-17(6-4-14)18-7-8-20-15(2)22(27-21(20)10-18)23(28)26-13-19-9-16(11-24)12-25-19;1-13-4-6-14(7-5-13)15-8-9-17-18(11-15)26-20(19(17)22)21(27)25-12-16(24)3-2-10-23/h3-8,10,16,19,25,27H,9,11-13,24H2,1-2H3,(H,26,28);4-9,11,16,26H,2-3,10,12,23-24H2,1H3,(H,25,27)/t16-,19+;16-/m10/s1. The van der Waals surface area contributed by atoms with E-state index in [9.17, 15) is 14.0 Å². The number of H-pyrrole nitrogens is 2. The van der Waals surface area contributed by atoms with Crippen molar-refractivity contribution in [1.82, 2.24) is 25.9 Å². The first-order chi connectivity index (χ1) is 26.5. The number of halogens is 1. The number of aromatic amines is 2. The highest BCUT2D eigenvalue weighted by Gasteiger charge is 2.24. The Balaban J connectivity index is 0.000000187. The van der Waals surface area contributed by atoms with E-state index in [2.05, 4.69) is 75.3 Å². The zero-order valence-electron chi connectivity index (χ0n) is 31.9. The van der Waals surface area contributed by atoms with Crippen LogP contribution < -0.4 is 33.2 Å². The monoisotopic (exact) mass is 744 g/mol. The number of nitrogens with two attached hydrogens (primary N) is 3. The van der Waals surface area contributed by atoms with Crippen LogP contribution in [0.1, 0.15) is 56.9 Å².